The summed E-state index contributed by atoms with van der Waals surface area (Å²) in [6.45, 7) is 4.83. The van der Waals surface area contributed by atoms with Gasteiger partial charge in [0.1, 0.15) is 0 Å². The van der Waals surface area contributed by atoms with Gasteiger partial charge in [-0.1, -0.05) is 0 Å². The van der Waals surface area contributed by atoms with Gasteiger partial charge in [-0.2, -0.15) is 5.10 Å². The van der Waals surface area contributed by atoms with Gasteiger partial charge < -0.3 is 5.11 Å². The molecule has 0 aliphatic heterocycles. The van der Waals surface area contributed by atoms with E-state index in [4.69, 9.17) is 5.11 Å². The molecule has 1 aromatic rings. The first-order valence-corrected chi connectivity index (χ1v) is 3.42. The van der Waals surface area contributed by atoms with Crippen molar-refractivity contribution >= 4 is 0 Å². The molecule has 0 radical (unpaired) electrons. The van der Waals surface area contributed by atoms with Crippen LogP contribution in [0.5, 0.6) is 0 Å². The summed E-state index contributed by atoms with van der Waals surface area (Å²) in [5.41, 5.74) is 1.85. The second kappa shape index (κ2) is 2.84. The molecule has 0 fully saturated rings. The smallest absolute Gasteiger partial charge is 0.0849 e. The molecule has 1 heterocycles. The van der Waals surface area contributed by atoms with Gasteiger partial charge in [0, 0.05) is 6.54 Å². The zero-order chi connectivity index (χ0) is 7.56. The predicted octanol–water partition coefficient (Wildman–Crippen LogP) is 0.704. The third-order valence-electron chi connectivity index (χ3n) is 1.45. The summed E-state index contributed by atoms with van der Waals surface area (Å²) < 4.78 is 1.80. The molecule has 0 saturated carbocycles. The second-order valence-corrected chi connectivity index (χ2v) is 2.25. The molecule has 1 rings (SSSR count). The average molecular weight is 140 g/mol. The van der Waals surface area contributed by atoms with Gasteiger partial charge in [0.2, 0.25) is 0 Å². The molecule has 0 aliphatic carbocycles. The predicted molar refractivity (Wildman–Crippen MR) is 38.6 cm³/mol. The number of nitrogens with zero attached hydrogens (tertiary/aromatic N) is 2. The van der Waals surface area contributed by atoms with Crippen molar-refractivity contribution in [2.75, 3.05) is 0 Å². The van der Waals surface area contributed by atoms with Gasteiger partial charge in [0.05, 0.1) is 18.0 Å². The number of aromatic nitrogens is 2. The van der Waals surface area contributed by atoms with Crippen molar-refractivity contribution in [3.8, 4) is 0 Å². The Bertz CT molecular complexity index is 196. The molecule has 1 N–H and O–H groups in total. The van der Waals surface area contributed by atoms with E-state index in [0.29, 0.717) is 0 Å². The number of hydrogen-bond acceptors (Lipinski definition) is 2. The van der Waals surface area contributed by atoms with Crippen LogP contribution in [0.15, 0.2) is 6.07 Å². The topological polar surface area (TPSA) is 38.0 Å². The molecule has 0 saturated heterocycles. The Hall–Kier alpha value is -0.830. The normalized spacial score (nSPS) is 10.3. The van der Waals surface area contributed by atoms with Gasteiger partial charge in [0.15, 0.2) is 0 Å². The van der Waals surface area contributed by atoms with E-state index >= 15 is 0 Å². The quantitative estimate of drug-likeness (QED) is 0.656. The van der Waals surface area contributed by atoms with E-state index in [2.05, 4.69) is 5.10 Å². The lowest BCUT2D eigenvalue weighted by Crippen LogP contribution is -2.01. The van der Waals surface area contributed by atoms with Crippen LogP contribution >= 0.6 is 0 Å². The number of aliphatic hydroxyl groups excluding tert-OH is 1. The largest absolute Gasteiger partial charge is 0.390 e. The van der Waals surface area contributed by atoms with E-state index < -0.39 is 0 Å². The first-order chi connectivity index (χ1) is 4.77. The molecule has 0 bridgehead atoms. The lowest BCUT2D eigenvalue weighted by Gasteiger charge is -1.98. The van der Waals surface area contributed by atoms with Crippen molar-refractivity contribution in [2.24, 2.45) is 0 Å². The molecule has 3 heteroatoms. The summed E-state index contributed by atoms with van der Waals surface area (Å²) in [5, 5.41) is 13.0. The second-order valence-electron chi connectivity index (χ2n) is 2.25. The van der Waals surface area contributed by atoms with Crippen LogP contribution in [0.1, 0.15) is 18.3 Å². The van der Waals surface area contributed by atoms with Crippen molar-refractivity contribution in [3.05, 3.63) is 17.5 Å². The van der Waals surface area contributed by atoms with Crippen LogP contribution in [0.3, 0.4) is 0 Å². The molecular formula is C7H12N2O. The monoisotopic (exact) mass is 140 g/mol. The van der Waals surface area contributed by atoms with Crippen molar-refractivity contribution < 1.29 is 5.11 Å². The van der Waals surface area contributed by atoms with Crippen LogP contribution < -0.4 is 0 Å². The van der Waals surface area contributed by atoms with Crippen LogP contribution in [0.25, 0.3) is 0 Å². The SMILES string of the molecule is CCn1nc(C)cc1CO. The highest BCUT2D eigenvalue weighted by Gasteiger charge is 2.00. The summed E-state index contributed by atoms with van der Waals surface area (Å²) in [6.07, 6.45) is 0. The Morgan fingerprint density at radius 1 is 1.70 bits per heavy atom. The van der Waals surface area contributed by atoms with Crippen LogP contribution in [-0.4, -0.2) is 14.9 Å². The Morgan fingerprint density at radius 3 is 2.80 bits per heavy atom. The van der Waals surface area contributed by atoms with Crippen LogP contribution in [-0.2, 0) is 13.2 Å². The first-order valence-electron chi connectivity index (χ1n) is 3.42. The molecule has 0 unspecified atom stereocenters. The van der Waals surface area contributed by atoms with Crippen molar-refractivity contribution in [2.45, 2.75) is 27.0 Å². The zero-order valence-corrected chi connectivity index (χ0v) is 6.33. The van der Waals surface area contributed by atoms with Crippen LogP contribution in [0.2, 0.25) is 0 Å². The van der Waals surface area contributed by atoms with Crippen molar-refractivity contribution in [1.82, 2.24) is 9.78 Å². The van der Waals surface area contributed by atoms with Gasteiger partial charge in [-0.3, -0.25) is 4.68 Å². The van der Waals surface area contributed by atoms with E-state index in [1.54, 1.807) is 4.68 Å². The number of rotatable bonds is 2. The number of aliphatic hydroxyl groups is 1. The average Bonchev–Trinajstić information content (AvgIpc) is 2.30. The maximum Gasteiger partial charge on any atom is 0.0849 e. The van der Waals surface area contributed by atoms with Gasteiger partial charge in [0.25, 0.3) is 0 Å². The fourth-order valence-electron chi connectivity index (χ4n) is 1.00. The van der Waals surface area contributed by atoms with Gasteiger partial charge in [-0.05, 0) is 19.9 Å². The van der Waals surface area contributed by atoms with Crippen LogP contribution in [0, 0.1) is 6.92 Å². The Labute approximate surface area is 60.3 Å². The molecule has 0 aliphatic rings. The lowest BCUT2D eigenvalue weighted by atomic mass is 10.4. The van der Waals surface area contributed by atoms with Crippen molar-refractivity contribution in [1.29, 1.82) is 0 Å². The summed E-state index contributed by atoms with van der Waals surface area (Å²) in [4.78, 5) is 0. The summed E-state index contributed by atoms with van der Waals surface area (Å²) >= 11 is 0. The van der Waals surface area contributed by atoms with Crippen molar-refractivity contribution in [3.63, 3.8) is 0 Å². The fourth-order valence-corrected chi connectivity index (χ4v) is 1.00. The molecular weight excluding hydrogens is 128 g/mol. The van der Waals surface area contributed by atoms with E-state index in [-0.39, 0.29) is 6.61 Å². The standard InChI is InChI=1S/C7H12N2O/c1-3-9-7(5-10)4-6(2)8-9/h4,10H,3,5H2,1-2H3. The Kier molecular flexibility index (Phi) is 2.06. The highest BCUT2D eigenvalue weighted by molar-refractivity contribution is 5.07. The van der Waals surface area contributed by atoms with Crippen LogP contribution in [0.4, 0.5) is 0 Å². The Morgan fingerprint density at radius 2 is 2.40 bits per heavy atom. The third-order valence-corrected chi connectivity index (χ3v) is 1.45. The molecule has 0 atom stereocenters. The minimum atomic E-state index is 0.0781. The minimum Gasteiger partial charge on any atom is -0.390 e. The maximum absolute atomic E-state index is 8.80. The van der Waals surface area contributed by atoms with E-state index in [1.165, 1.54) is 0 Å². The summed E-state index contributed by atoms with van der Waals surface area (Å²) in [5.74, 6) is 0. The molecule has 0 amide bonds. The fraction of sp³-hybridized carbons (Fsp3) is 0.571. The molecule has 10 heavy (non-hydrogen) atoms. The summed E-state index contributed by atoms with van der Waals surface area (Å²) in [6, 6.07) is 1.89. The van der Waals surface area contributed by atoms with E-state index in [1.807, 2.05) is 19.9 Å². The minimum absolute atomic E-state index is 0.0781. The zero-order valence-electron chi connectivity index (χ0n) is 6.33. The molecule has 56 valence electrons. The molecule has 3 nitrogen and oxygen atoms in total. The van der Waals surface area contributed by atoms with Gasteiger partial charge in [-0.15, -0.1) is 0 Å². The third kappa shape index (κ3) is 1.19. The maximum atomic E-state index is 8.80. The molecule has 0 spiro atoms. The lowest BCUT2D eigenvalue weighted by molar-refractivity contribution is 0.268. The van der Waals surface area contributed by atoms with E-state index in [9.17, 15) is 0 Å². The van der Waals surface area contributed by atoms with Gasteiger partial charge in [-0.25, -0.2) is 0 Å². The number of aryl methyl sites for hydroxylation is 2. The van der Waals surface area contributed by atoms with Gasteiger partial charge >= 0.3 is 0 Å². The van der Waals surface area contributed by atoms with E-state index in [0.717, 1.165) is 17.9 Å². The highest BCUT2D eigenvalue weighted by atomic mass is 16.3. The highest BCUT2D eigenvalue weighted by Crippen LogP contribution is 2.02. The molecule has 0 aromatic carbocycles. The Balaban J connectivity index is 2.96. The number of hydrogen-bond donors (Lipinski definition) is 1. The molecule has 1 aromatic heterocycles. The first kappa shape index (κ1) is 7.28. The summed E-state index contributed by atoms with van der Waals surface area (Å²) in [7, 11) is 0.